The first-order valence-corrected chi connectivity index (χ1v) is 11.8. The zero-order chi connectivity index (χ0) is 23.7. The van der Waals surface area contributed by atoms with Gasteiger partial charge >= 0.3 is 11.9 Å². The van der Waals surface area contributed by atoms with Gasteiger partial charge in [0.25, 0.3) is 0 Å². The third-order valence-electron chi connectivity index (χ3n) is 5.18. The van der Waals surface area contributed by atoms with Crippen molar-refractivity contribution in [3.63, 3.8) is 0 Å². The highest BCUT2D eigenvalue weighted by Crippen LogP contribution is 2.03. The average molecular weight is 455 g/mol. The van der Waals surface area contributed by atoms with Crippen LogP contribution in [0.3, 0.4) is 0 Å². The van der Waals surface area contributed by atoms with Crippen molar-refractivity contribution in [1.82, 2.24) is 21.3 Å². The van der Waals surface area contributed by atoms with E-state index in [0.29, 0.717) is 13.1 Å². The van der Waals surface area contributed by atoms with Gasteiger partial charge in [0.1, 0.15) is 0 Å². The van der Waals surface area contributed by atoms with E-state index in [1.165, 1.54) is 11.1 Å². The highest BCUT2D eigenvalue weighted by atomic mass is 16.6. The minimum atomic E-state index is -0.565. The van der Waals surface area contributed by atoms with Gasteiger partial charge in [-0.3, -0.25) is 9.59 Å². The minimum absolute atomic E-state index is 0.00353. The van der Waals surface area contributed by atoms with Gasteiger partial charge in [-0.15, -0.1) is 0 Å². The van der Waals surface area contributed by atoms with Crippen molar-refractivity contribution in [3.8, 4) is 0 Å². The Bertz CT molecular complexity index is 734. The lowest BCUT2D eigenvalue weighted by Gasteiger charge is -2.19. The van der Waals surface area contributed by atoms with E-state index in [-0.39, 0.29) is 25.2 Å². The standard InChI is InChI=1S/C26H38N4O3/c1-3-29-23(15-21-11-7-5-8-12-21)17-27-19-25(31)33-26(32)20-28-18-24(30-4-2)16-22-13-9-6-10-14-22/h5-14,23-24,27-30H,3-4,15-20H2,1-2H3/t23-,24-/m0/s1. The van der Waals surface area contributed by atoms with E-state index in [1.54, 1.807) is 0 Å². The second-order valence-corrected chi connectivity index (χ2v) is 8.00. The molecule has 0 unspecified atom stereocenters. The van der Waals surface area contributed by atoms with Crippen molar-refractivity contribution in [2.75, 3.05) is 39.3 Å². The number of likely N-dealkylation sites (N-methyl/N-ethyl adjacent to an activating group) is 2. The summed E-state index contributed by atoms with van der Waals surface area (Å²) in [5.41, 5.74) is 2.47. The molecule has 2 aromatic carbocycles. The number of carbonyl (C=O) groups is 2. The number of esters is 2. The molecule has 7 heteroatoms. The van der Waals surface area contributed by atoms with Crippen molar-refractivity contribution in [2.45, 2.75) is 38.8 Å². The molecule has 33 heavy (non-hydrogen) atoms. The van der Waals surface area contributed by atoms with Crippen LogP contribution in [-0.4, -0.2) is 63.3 Å². The number of rotatable bonds is 16. The Kier molecular flexibility index (Phi) is 13.0. The molecule has 4 N–H and O–H groups in total. The Balaban J connectivity index is 1.64. The molecule has 2 aromatic rings. The van der Waals surface area contributed by atoms with E-state index < -0.39 is 11.9 Å². The SMILES string of the molecule is CCN[C@H](CNCC(=O)OC(=O)CNC[C@H](Cc1ccccc1)NCC)Cc1ccccc1. The normalized spacial score (nSPS) is 12.8. The van der Waals surface area contributed by atoms with Crippen LogP contribution >= 0.6 is 0 Å². The molecular formula is C26H38N4O3. The molecule has 0 saturated carbocycles. The first-order valence-electron chi connectivity index (χ1n) is 11.8. The van der Waals surface area contributed by atoms with E-state index in [4.69, 9.17) is 4.74 Å². The van der Waals surface area contributed by atoms with E-state index in [0.717, 1.165) is 25.9 Å². The topological polar surface area (TPSA) is 91.5 Å². The lowest BCUT2D eigenvalue weighted by Crippen LogP contribution is -2.43. The highest BCUT2D eigenvalue weighted by molar-refractivity contribution is 5.87. The molecule has 0 aliphatic rings. The fourth-order valence-corrected chi connectivity index (χ4v) is 3.70. The smallest absolute Gasteiger partial charge is 0.327 e. The predicted octanol–water partition coefficient (Wildman–Crippen LogP) is 1.68. The van der Waals surface area contributed by atoms with Crippen LogP contribution in [0, 0.1) is 0 Å². The van der Waals surface area contributed by atoms with E-state index in [9.17, 15) is 9.59 Å². The second kappa shape index (κ2) is 16.1. The van der Waals surface area contributed by atoms with Gasteiger partial charge in [-0.05, 0) is 37.1 Å². The van der Waals surface area contributed by atoms with Gasteiger partial charge in [-0.1, -0.05) is 74.5 Å². The first-order chi connectivity index (χ1) is 16.1. The lowest BCUT2D eigenvalue weighted by molar-refractivity contribution is -0.158. The van der Waals surface area contributed by atoms with Crippen LogP contribution in [-0.2, 0) is 27.2 Å². The fraction of sp³-hybridized carbons (Fsp3) is 0.462. The highest BCUT2D eigenvalue weighted by Gasteiger charge is 2.14. The van der Waals surface area contributed by atoms with Crippen LogP contribution in [0.1, 0.15) is 25.0 Å². The molecule has 0 bridgehead atoms. The molecule has 0 aliphatic carbocycles. The summed E-state index contributed by atoms with van der Waals surface area (Å²) < 4.78 is 4.93. The summed E-state index contributed by atoms with van der Waals surface area (Å²) >= 11 is 0. The molecule has 180 valence electrons. The van der Waals surface area contributed by atoms with Gasteiger partial charge < -0.3 is 26.0 Å². The lowest BCUT2D eigenvalue weighted by atomic mass is 10.1. The number of hydrogen-bond donors (Lipinski definition) is 4. The van der Waals surface area contributed by atoms with Gasteiger partial charge in [0, 0.05) is 25.2 Å². The molecule has 2 atom stereocenters. The minimum Gasteiger partial charge on any atom is -0.391 e. The summed E-state index contributed by atoms with van der Waals surface area (Å²) in [6.45, 7) is 6.99. The van der Waals surface area contributed by atoms with Crippen LogP contribution in [0.4, 0.5) is 0 Å². The van der Waals surface area contributed by atoms with E-state index >= 15 is 0 Å². The predicted molar refractivity (Wildman–Crippen MR) is 132 cm³/mol. The van der Waals surface area contributed by atoms with Crippen molar-refractivity contribution in [2.24, 2.45) is 0 Å². The van der Waals surface area contributed by atoms with Gasteiger partial charge in [-0.2, -0.15) is 0 Å². The van der Waals surface area contributed by atoms with Crippen LogP contribution in [0.25, 0.3) is 0 Å². The number of nitrogens with one attached hydrogen (secondary N) is 4. The largest absolute Gasteiger partial charge is 0.391 e. The zero-order valence-corrected chi connectivity index (χ0v) is 19.8. The fourth-order valence-electron chi connectivity index (χ4n) is 3.70. The van der Waals surface area contributed by atoms with Crippen LogP contribution in [0.2, 0.25) is 0 Å². The number of benzene rings is 2. The molecule has 0 amide bonds. The molecule has 0 spiro atoms. The molecular weight excluding hydrogens is 416 g/mol. The molecule has 7 nitrogen and oxygen atoms in total. The van der Waals surface area contributed by atoms with Crippen LogP contribution in [0.5, 0.6) is 0 Å². The molecule has 0 radical (unpaired) electrons. The van der Waals surface area contributed by atoms with E-state index in [1.807, 2.05) is 36.4 Å². The summed E-state index contributed by atoms with van der Waals surface area (Å²) in [6.07, 6.45) is 1.71. The monoisotopic (exact) mass is 454 g/mol. The molecule has 0 aliphatic heterocycles. The quantitative estimate of drug-likeness (QED) is 0.227. The Labute approximate surface area is 197 Å². The summed E-state index contributed by atoms with van der Waals surface area (Å²) in [5.74, 6) is -1.13. The number of carbonyl (C=O) groups excluding carboxylic acids is 2. The van der Waals surface area contributed by atoms with Gasteiger partial charge in [0.05, 0.1) is 13.1 Å². The third kappa shape index (κ3) is 11.7. The molecule has 0 saturated heterocycles. The van der Waals surface area contributed by atoms with Crippen LogP contribution in [0.15, 0.2) is 60.7 Å². The summed E-state index contributed by atoms with van der Waals surface area (Å²) in [5, 5.41) is 13.0. The maximum Gasteiger partial charge on any atom is 0.327 e. The van der Waals surface area contributed by atoms with E-state index in [2.05, 4.69) is 59.4 Å². The van der Waals surface area contributed by atoms with Crippen molar-refractivity contribution in [1.29, 1.82) is 0 Å². The van der Waals surface area contributed by atoms with Crippen molar-refractivity contribution >= 4 is 11.9 Å². The van der Waals surface area contributed by atoms with Crippen LogP contribution < -0.4 is 21.3 Å². The summed E-state index contributed by atoms with van der Waals surface area (Å²) in [6, 6.07) is 20.8. The van der Waals surface area contributed by atoms with Gasteiger partial charge in [0.2, 0.25) is 0 Å². The summed E-state index contributed by atoms with van der Waals surface area (Å²) in [4.78, 5) is 24.1. The zero-order valence-electron chi connectivity index (χ0n) is 19.8. The Hall–Kier alpha value is -2.58. The Morgan fingerprint density at radius 3 is 1.45 bits per heavy atom. The maximum absolute atomic E-state index is 12.0. The summed E-state index contributed by atoms with van der Waals surface area (Å²) in [7, 11) is 0. The van der Waals surface area contributed by atoms with Gasteiger partial charge in [0.15, 0.2) is 0 Å². The molecule has 0 heterocycles. The number of ether oxygens (including phenoxy) is 1. The molecule has 2 rings (SSSR count). The van der Waals surface area contributed by atoms with Crippen molar-refractivity contribution in [3.05, 3.63) is 71.8 Å². The first kappa shape index (κ1) is 26.7. The van der Waals surface area contributed by atoms with Crippen molar-refractivity contribution < 1.29 is 14.3 Å². The Morgan fingerprint density at radius 1 is 0.697 bits per heavy atom. The molecule has 0 aromatic heterocycles. The van der Waals surface area contributed by atoms with Gasteiger partial charge in [-0.25, -0.2) is 0 Å². The third-order valence-corrected chi connectivity index (χ3v) is 5.18. The maximum atomic E-state index is 12.0. The second-order valence-electron chi connectivity index (χ2n) is 8.00. The number of hydrogen-bond acceptors (Lipinski definition) is 7. The average Bonchev–Trinajstić information content (AvgIpc) is 2.80. The Morgan fingerprint density at radius 2 is 1.09 bits per heavy atom. The molecule has 0 fully saturated rings.